The third-order valence-electron chi connectivity index (χ3n) is 22.0. The first-order chi connectivity index (χ1) is 63.9. The predicted octanol–water partition coefficient (Wildman–Crippen LogP) is 31.4. The van der Waals surface area contributed by atoms with Crippen LogP contribution in [0.5, 0.6) is 0 Å². The molecular formula is C110H68O2. The summed E-state index contributed by atoms with van der Waals surface area (Å²) in [5.74, 6) is 0. The summed E-state index contributed by atoms with van der Waals surface area (Å²) in [5, 5.41) is 18.2. The molecule has 0 fully saturated rings. The van der Waals surface area contributed by atoms with E-state index in [4.69, 9.17) is 36.2 Å². The second-order valence-corrected chi connectivity index (χ2v) is 28.0. The Morgan fingerprint density at radius 1 is 0.170 bits per heavy atom. The number of hydrogen-bond donors (Lipinski definition) is 0. The van der Waals surface area contributed by atoms with Crippen molar-refractivity contribution in [3.8, 4) is 100 Å². The fourth-order valence-electron chi connectivity index (χ4n) is 17.3. The van der Waals surface area contributed by atoms with E-state index in [2.05, 4.69) is 115 Å². The van der Waals surface area contributed by atoms with Crippen molar-refractivity contribution in [1.29, 1.82) is 0 Å². The van der Waals surface area contributed by atoms with E-state index in [1.165, 1.54) is 0 Å². The molecule has 0 saturated heterocycles. The van der Waals surface area contributed by atoms with Crippen LogP contribution in [0.25, 0.3) is 230 Å². The topological polar surface area (TPSA) is 26.3 Å². The highest BCUT2D eigenvalue weighted by Gasteiger charge is 2.24. The van der Waals surface area contributed by atoms with Gasteiger partial charge in [0.25, 0.3) is 0 Å². The molecule has 0 atom stereocenters. The van der Waals surface area contributed by atoms with Crippen molar-refractivity contribution in [2.24, 2.45) is 0 Å². The summed E-state index contributed by atoms with van der Waals surface area (Å²) in [7, 11) is 0. The number of benzene rings is 21. The fourth-order valence-corrected chi connectivity index (χ4v) is 17.3. The van der Waals surface area contributed by atoms with E-state index in [0.29, 0.717) is 44.6 Å². The molecule has 2 heterocycles. The second-order valence-electron chi connectivity index (χ2n) is 28.0. The molecule has 2 heteroatoms. The molecule has 0 aliphatic heterocycles. The van der Waals surface area contributed by atoms with Gasteiger partial charge in [0.05, 0.1) is 27.4 Å². The molecule has 0 aliphatic carbocycles. The summed E-state index contributed by atoms with van der Waals surface area (Å²) in [6, 6.07) is 89.8. The maximum Gasteiger partial charge on any atom is 0.143 e. The Balaban J connectivity index is 0.000000155. The van der Waals surface area contributed by atoms with Crippen LogP contribution in [0.1, 0.15) is 27.4 Å². The van der Waals surface area contributed by atoms with Crippen molar-refractivity contribution < 1.29 is 36.2 Å². The average Bonchev–Trinajstić information content (AvgIpc) is 1.20. The van der Waals surface area contributed by atoms with Gasteiger partial charge in [-0.25, -0.2) is 0 Å². The predicted molar refractivity (Wildman–Crippen MR) is 476 cm³/mol. The Bertz CT molecular complexity index is 8820. The molecule has 0 unspecified atom stereocenters. The summed E-state index contributed by atoms with van der Waals surface area (Å²) in [6.07, 6.45) is 0. The normalized spacial score (nSPS) is 14.2. The number of rotatable bonds is 9. The van der Waals surface area contributed by atoms with Gasteiger partial charge in [-0.2, -0.15) is 0 Å². The van der Waals surface area contributed by atoms with Gasteiger partial charge < -0.3 is 8.83 Å². The molecule has 0 aliphatic rings. The van der Waals surface area contributed by atoms with Crippen molar-refractivity contribution in [3.63, 3.8) is 0 Å². The van der Waals surface area contributed by atoms with Crippen molar-refractivity contribution >= 4 is 130 Å². The van der Waals surface area contributed by atoms with Crippen LogP contribution >= 0.6 is 0 Å². The highest BCUT2D eigenvalue weighted by atomic mass is 16.3. The van der Waals surface area contributed by atoms with Gasteiger partial charge >= 0.3 is 0 Å². The number of para-hydroxylation sites is 1. The summed E-state index contributed by atoms with van der Waals surface area (Å²) >= 11 is 0. The quantitative estimate of drug-likeness (QED) is 0.106. The molecule has 112 heavy (non-hydrogen) atoms. The Labute approximate surface area is 675 Å². The molecule has 23 rings (SSSR count). The van der Waals surface area contributed by atoms with Crippen LogP contribution in [0.2, 0.25) is 0 Å². The van der Waals surface area contributed by atoms with Gasteiger partial charge in [0.1, 0.15) is 22.3 Å². The van der Waals surface area contributed by atoms with E-state index in [1.807, 2.05) is 158 Å². The number of furan rings is 2. The minimum atomic E-state index is -0.457. The van der Waals surface area contributed by atoms with Gasteiger partial charge in [-0.3, -0.25) is 0 Å². The van der Waals surface area contributed by atoms with Gasteiger partial charge in [-0.15, -0.1) is 0 Å². The first-order valence-electron chi connectivity index (χ1n) is 47.0. The Morgan fingerprint density at radius 2 is 0.554 bits per heavy atom. The summed E-state index contributed by atoms with van der Waals surface area (Å²) < 4.78 is 184. The first-order valence-corrected chi connectivity index (χ1v) is 37.0. The van der Waals surface area contributed by atoms with Crippen molar-refractivity contribution in [1.82, 2.24) is 0 Å². The van der Waals surface area contributed by atoms with E-state index in [-0.39, 0.29) is 107 Å². The van der Waals surface area contributed by atoms with Crippen LogP contribution in [-0.4, -0.2) is 0 Å². The lowest BCUT2D eigenvalue weighted by Crippen LogP contribution is -1.91. The second kappa shape index (κ2) is 26.6. The van der Waals surface area contributed by atoms with Crippen LogP contribution < -0.4 is 0 Å². The van der Waals surface area contributed by atoms with Gasteiger partial charge in [0, 0.05) is 27.1 Å². The van der Waals surface area contributed by atoms with Crippen molar-refractivity contribution in [2.45, 2.75) is 0 Å². The zero-order valence-corrected chi connectivity index (χ0v) is 59.5. The van der Waals surface area contributed by atoms with E-state index < -0.39 is 36.3 Å². The van der Waals surface area contributed by atoms with Gasteiger partial charge in [0.15, 0.2) is 0 Å². The number of hydrogen-bond acceptors (Lipinski definition) is 2. The van der Waals surface area contributed by atoms with Gasteiger partial charge in [-0.05, 0) is 229 Å². The average molecular weight is 1440 g/mol. The molecule has 21 aromatic carbocycles. The molecule has 0 saturated carbocycles. The highest BCUT2D eigenvalue weighted by Crippen LogP contribution is 2.51. The summed E-state index contributed by atoms with van der Waals surface area (Å²) in [5.41, 5.74) is 14.6. The Hall–Kier alpha value is -14.7. The molecule has 0 bridgehead atoms. The van der Waals surface area contributed by atoms with Crippen LogP contribution in [-0.2, 0) is 0 Å². The molecule has 520 valence electrons. The lowest BCUT2D eigenvalue weighted by Gasteiger charge is -2.19. The van der Waals surface area contributed by atoms with Crippen molar-refractivity contribution in [3.05, 3.63) is 412 Å². The van der Waals surface area contributed by atoms with Gasteiger partial charge in [-0.1, -0.05) is 364 Å². The molecule has 0 spiro atoms. The van der Waals surface area contributed by atoms with Crippen LogP contribution in [0.4, 0.5) is 0 Å². The molecular weight excluding hydrogens is 1350 g/mol. The highest BCUT2D eigenvalue weighted by molar-refractivity contribution is 6.27. The summed E-state index contributed by atoms with van der Waals surface area (Å²) in [6.45, 7) is 0. The van der Waals surface area contributed by atoms with E-state index in [9.17, 15) is 0 Å². The molecule has 2 aromatic heterocycles. The molecule has 0 amide bonds. The fraction of sp³-hybridized carbons (Fsp3) is 0. The minimum Gasteiger partial charge on any atom is -0.456 e. The maximum atomic E-state index is 9.02. The smallest absolute Gasteiger partial charge is 0.143 e. The van der Waals surface area contributed by atoms with Crippen LogP contribution in [0, 0.1) is 0 Å². The van der Waals surface area contributed by atoms with Crippen molar-refractivity contribution in [2.75, 3.05) is 0 Å². The zero-order valence-electron chi connectivity index (χ0n) is 79.5. The molecule has 23 aromatic rings. The van der Waals surface area contributed by atoms with Crippen LogP contribution in [0.15, 0.2) is 421 Å². The third kappa shape index (κ3) is 10.6. The molecule has 0 radical (unpaired) electrons. The lowest BCUT2D eigenvalue weighted by atomic mass is 9.84. The molecule has 0 N–H and O–H groups in total. The standard InChI is InChI=1S/C58H36O.C52H32O/c1-4-16-37(17-5-1)40-30-33-45-52(35-40)43-32-31-41(56-48-24-12-10-22-46(48)55(39-20-8-3-9-21-39)47-23-11-13-25-49(47)56)34-42(43)36-53(45)50-27-15-29-54-57(50)51-28-14-26-44(58(51)59-54)38-18-6-2-7-19-38;1-3-13-33(14-4-1)35-25-30-47-49(32-35)53-48-24-12-23-42(52(47)48)40-22-11-21-39-38-28-27-37(31-36(38)26-29-41(39)40)51-45-19-9-7-17-43(45)50(34-15-5-2-6-16-34)44-18-8-10-20-46(44)51/h1-36H;1-32H/i2D,3D,6D,7D,8D,9D,18D,19D,20D,21D;1D,2D,3D,4D,5D,6D,13D,14D,15D,16D. The minimum absolute atomic E-state index is 0.0747. The Kier molecular flexibility index (Phi) is 11.2. The SMILES string of the molecule is [2H]c1c([2H])c([2H])c(-c2c3ccccc3c(-c3ccc4c(c3)cc(-c3cccc5oc6c(-c7c([2H])c([2H])c([2H])c([2H])c7[2H])cccc6c35)c3ccc(-c5ccccc5)cc34)c3ccccc23)c([2H])c1[2H].[2H]c1c([2H])c([2H])c(-c2ccc3c(c2)oc2cccc(-c4cccc5c4ccc4cc(-c6c7ccccc7c(-c7c([2H])c([2H])c([2H])c([2H])c7[2H])c7ccccc67)ccc45)c23)c([2H])c1[2H]. The number of fused-ring (bicyclic) bond motifs is 16. The largest absolute Gasteiger partial charge is 0.456 e. The molecule has 2 nitrogen and oxygen atoms in total. The first kappa shape index (κ1) is 47.2. The maximum absolute atomic E-state index is 9.02. The zero-order chi connectivity index (χ0) is 91.2. The van der Waals surface area contributed by atoms with E-state index in [0.717, 1.165) is 163 Å². The van der Waals surface area contributed by atoms with E-state index in [1.54, 1.807) is 18.2 Å². The summed E-state index contributed by atoms with van der Waals surface area (Å²) in [4.78, 5) is 0. The monoisotopic (exact) mass is 1440 g/mol. The van der Waals surface area contributed by atoms with Crippen LogP contribution in [0.3, 0.4) is 0 Å². The Morgan fingerprint density at radius 3 is 1.12 bits per heavy atom. The van der Waals surface area contributed by atoms with E-state index >= 15 is 0 Å². The lowest BCUT2D eigenvalue weighted by molar-refractivity contribution is 0.669. The van der Waals surface area contributed by atoms with Gasteiger partial charge in [0.2, 0.25) is 0 Å². The third-order valence-corrected chi connectivity index (χ3v) is 22.0.